The van der Waals surface area contributed by atoms with Crippen molar-refractivity contribution in [1.82, 2.24) is 10.2 Å². The standard InChI is InChI=1S/C20H24F2N2O2/c1-14-7-9-19(26-14)18(24-11-2-3-12-24)13-23-20(25)10-8-15-16(21)5-4-6-17(15)22/h4-7,9,18H,2-3,8,10-13H2,1H3,(H,23,25). The number of likely N-dealkylation sites (tertiary alicyclic amines) is 1. The summed E-state index contributed by atoms with van der Waals surface area (Å²) >= 11 is 0. The first-order valence-electron chi connectivity index (χ1n) is 9.04. The van der Waals surface area contributed by atoms with Crippen molar-refractivity contribution in [3.05, 3.63) is 59.1 Å². The van der Waals surface area contributed by atoms with Crippen LogP contribution < -0.4 is 5.32 Å². The molecule has 26 heavy (non-hydrogen) atoms. The van der Waals surface area contributed by atoms with Gasteiger partial charge in [-0.2, -0.15) is 0 Å². The topological polar surface area (TPSA) is 45.5 Å². The van der Waals surface area contributed by atoms with Gasteiger partial charge in [-0.05, 0) is 63.5 Å². The summed E-state index contributed by atoms with van der Waals surface area (Å²) in [7, 11) is 0. The predicted molar refractivity (Wildman–Crippen MR) is 94.7 cm³/mol. The van der Waals surface area contributed by atoms with Crippen LogP contribution in [-0.2, 0) is 11.2 Å². The molecule has 6 heteroatoms. The highest BCUT2D eigenvalue weighted by atomic mass is 19.1. The Morgan fingerprint density at radius 1 is 1.19 bits per heavy atom. The zero-order valence-corrected chi connectivity index (χ0v) is 14.9. The largest absolute Gasteiger partial charge is 0.465 e. The normalized spacial score (nSPS) is 16.0. The first-order valence-corrected chi connectivity index (χ1v) is 9.04. The molecule has 1 fully saturated rings. The molecule has 1 unspecified atom stereocenters. The number of amides is 1. The molecule has 0 bridgehead atoms. The minimum Gasteiger partial charge on any atom is -0.465 e. The average molecular weight is 362 g/mol. The monoisotopic (exact) mass is 362 g/mol. The van der Waals surface area contributed by atoms with Crippen molar-refractivity contribution in [2.75, 3.05) is 19.6 Å². The fraction of sp³-hybridized carbons (Fsp3) is 0.450. The number of aryl methyl sites for hydroxylation is 1. The number of benzene rings is 1. The lowest BCUT2D eigenvalue weighted by molar-refractivity contribution is -0.121. The molecule has 2 aromatic rings. The molecule has 0 spiro atoms. The van der Waals surface area contributed by atoms with Gasteiger partial charge < -0.3 is 9.73 Å². The van der Waals surface area contributed by atoms with E-state index in [1.807, 2.05) is 19.1 Å². The highest BCUT2D eigenvalue weighted by molar-refractivity contribution is 5.76. The van der Waals surface area contributed by atoms with Crippen molar-refractivity contribution in [3.63, 3.8) is 0 Å². The zero-order chi connectivity index (χ0) is 18.5. The van der Waals surface area contributed by atoms with Crippen LogP contribution in [0.15, 0.2) is 34.7 Å². The van der Waals surface area contributed by atoms with E-state index in [1.165, 1.54) is 18.2 Å². The Hall–Kier alpha value is -2.21. The molecule has 2 heterocycles. The van der Waals surface area contributed by atoms with Crippen molar-refractivity contribution in [2.45, 2.75) is 38.6 Å². The Labute approximate surface area is 152 Å². The van der Waals surface area contributed by atoms with Crippen LogP contribution in [-0.4, -0.2) is 30.4 Å². The quantitative estimate of drug-likeness (QED) is 0.816. The van der Waals surface area contributed by atoms with Gasteiger partial charge in [-0.1, -0.05) is 6.07 Å². The van der Waals surface area contributed by atoms with Crippen molar-refractivity contribution in [2.24, 2.45) is 0 Å². The Morgan fingerprint density at radius 2 is 1.88 bits per heavy atom. The maximum atomic E-state index is 13.7. The SMILES string of the molecule is Cc1ccc(C(CNC(=O)CCc2c(F)cccc2F)N2CCCC2)o1. The summed E-state index contributed by atoms with van der Waals surface area (Å²) in [6.45, 7) is 4.26. The molecule has 4 nitrogen and oxygen atoms in total. The van der Waals surface area contributed by atoms with Crippen LogP contribution in [0.2, 0.25) is 0 Å². The van der Waals surface area contributed by atoms with Gasteiger partial charge in [0, 0.05) is 18.5 Å². The van der Waals surface area contributed by atoms with E-state index in [0.29, 0.717) is 6.54 Å². The van der Waals surface area contributed by atoms with E-state index in [0.717, 1.165) is 37.5 Å². The van der Waals surface area contributed by atoms with Gasteiger partial charge in [-0.3, -0.25) is 9.69 Å². The molecule has 1 aromatic heterocycles. The molecule has 1 amide bonds. The van der Waals surface area contributed by atoms with Gasteiger partial charge in [0.15, 0.2) is 0 Å². The van der Waals surface area contributed by atoms with Crippen LogP contribution in [0.3, 0.4) is 0 Å². The number of rotatable bonds is 7. The van der Waals surface area contributed by atoms with E-state index in [4.69, 9.17) is 4.42 Å². The van der Waals surface area contributed by atoms with Gasteiger partial charge in [-0.15, -0.1) is 0 Å². The fourth-order valence-electron chi connectivity index (χ4n) is 3.40. The zero-order valence-electron chi connectivity index (χ0n) is 14.9. The summed E-state index contributed by atoms with van der Waals surface area (Å²) in [4.78, 5) is 14.5. The fourth-order valence-corrected chi connectivity index (χ4v) is 3.40. The van der Waals surface area contributed by atoms with Gasteiger partial charge in [0.05, 0.1) is 6.04 Å². The van der Waals surface area contributed by atoms with Crippen molar-refractivity contribution in [3.8, 4) is 0 Å². The third-order valence-electron chi connectivity index (χ3n) is 4.83. The Morgan fingerprint density at radius 3 is 2.50 bits per heavy atom. The first kappa shape index (κ1) is 18.6. The molecular formula is C20H24F2N2O2. The molecule has 0 saturated carbocycles. The lowest BCUT2D eigenvalue weighted by Crippen LogP contribution is -2.36. The number of nitrogens with one attached hydrogen (secondary N) is 1. The summed E-state index contributed by atoms with van der Waals surface area (Å²) in [5.41, 5.74) is -0.0413. The van der Waals surface area contributed by atoms with Gasteiger partial charge in [-0.25, -0.2) is 8.78 Å². The molecular weight excluding hydrogens is 338 g/mol. The van der Waals surface area contributed by atoms with E-state index in [2.05, 4.69) is 10.2 Å². The number of carbonyl (C=O) groups is 1. The molecule has 1 aromatic carbocycles. The lowest BCUT2D eigenvalue weighted by Gasteiger charge is -2.26. The molecule has 1 atom stereocenters. The van der Waals surface area contributed by atoms with E-state index < -0.39 is 11.6 Å². The van der Waals surface area contributed by atoms with E-state index in [9.17, 15) is 13.6 Å². The first-order chi connectivity index (χ1) is 12.5. The summed E-state index contributed by atoms with van der Waals surface area (Å²) < 4.78 is 33.1. The van der Waals surface area contributed by atoms with Crippen LogP contribution in [0.25, 0.3) is 0 Å². The molecule has 1 saturated heterocycles. The number of furan rings is 1. The minimum absolute atomic E-state index is 0.0136. The Balaban J connectivity index is 1.57. The van der Waals surface area contributed by atoms with Gasteiger partial charge in [0.1, 0.15) is 23.2 Å². The van der Waals surface area contributed by atoms with E-state index >= 15 is 0 Å². The summed E-state index contributed by atoms with van der Waals surface area (Å²) in [5.74, 6) is 0.230. The van der Waals surface area contributed by atoms with Gasteiger partial charge in [0.2, 0.25) is 5.91 Å². The Bertz CT molecular complexity index is 734. The molecule has 1 N–H and O–H groups in total. The van der Waals surface area contributed by atoms with Crippen LogP contribution in [0.1, 0.15) is 42.4 Å². The van der Waals surface area contributed by atoms with Crippen LogP contribution in [0, 0.1) is 18.6 Å². The second-order valence-corrected chi connectivity index (χ2v) is 6.71. The number of carbonyl (C=O) groups excluding carboxylic acids is 1. The predicted octanol–water partition coefficient (Wildman–Crippen LogP) is 3.75. The van der Waals surface area contributed by atoms with Crippen LogP contribution in [0.4, 0.5) is 8.78 Å². The van der Waals surface area contributed by atoms with Crippen molar-refractivity contribution >= 4 is 5.91 Å². The highest BCUT2D eigenvalue weighted by Crippen LogP contribution is 2.26. The number of halogens is 2. The number of nitrogens with zero attached hydrogens (tertiary/aromatic N) is 1. The second kappa shape index (κ2) is 8.45. The van der Waals surface area contributed by atoms with E-state index in [-0.39, 0.29) is 30.4 Å². The number of hydrogen-bond donors (Lipinski definition) is 1. The van der Waals surface area contributed by atoms with Crippen molar-refractivity contribution < 1.29 is 18.0 Å². The van der Waals surface area contributed by atoms with Crippen LogP contribution in [0.5, 0.6) is 0 Å². The second-order valence-electron chi connectivity index (χ2n) is 6.71. The van der Waals surface area contributed by atoms with Gasteiger partial charge in [0.25, 0.3) is 0 Å². The number of hydrogen-bond acceptors (Lipinski definition) is 3. The van der Waals surface area contributed by atoms with Gasteiger partial charge >= 0.3 is 0 Å². The lowest BCUT2D eigenvalue weighted by atomic mass is 10.1. The summed E-state index contributed by atoms with van der Waals surface area (Å²) in [5, 5.41) is 2.89. The van der Waals surface area contributed by atoms with E-state index in [1.54, 1.807) is 0 Å². The molecule has 0 aliphatic carbocycles. The molecule has 140 valence electrons. The molecule has 1 aliphatic rings. The minimum atomic E-state index is -0.612. The summed E-state index contributed by atoms with van der Waals surface area (Å²) in [6.07, 6.45) is 2.35. The molecule has 1 aliphatic heterocycles. The third-order valence-corrected chi connectivity index (χ3v) is 4.83. The van der Waals surface area contributed by atoms with Crippen molar-refractivity contribution in [1.29, 1.82) is 0 Å². The molecule has 3 rings (SSSR count). The Kier molecular flexibility index (Phi) is 6.04. The summed E-state index contributed by atoms with van der Waals surface area (Å²) in [6, 6.07) is 7.58. The smallest absolute Gasteiger partial charge is 0.220 e. The highest BCUT2D eigenvalue weighted by Gasteiger charge is 2.26. The average Bonchev–Trinajstić information content (AvgIpc) is 3.27. The third kappa shape index (κ3) is 4.49. The maximum absolute atomic E-state index is 13.7. The molecule has 0 radical (unpaired) electrons. The maximum Gasteiger partial charge on any atom is 0.220 e. The van der Waals surface area contributed by atoms with Crippen LogP contribution >= 0.6 is 0 Å².